The van der Waals surface area contributed by atoms with Crippen molar-refractivity contribution in [3.63, 3.8) is 0 Å². The van der Waals surface area contributed by atoms with Crippen LogP contribution in [0.5, 0.6) is 0 Å². The van der Waals surface area contributed by atoms with Gasteiger partial charge in [0.15, 0.2) is 23.3 Å². The molecule has 1 atom stereocenters. The smallest absolute Gasteiger partial charge is 0.166 e. The van der Waals surface area contributed by atoms with Crippen molar-refractivity contribution < 1.29 is 17.6 Å². The second kappa shape index (κ2) is 4.59. The van der Waals surface area contributed by atoms with Gasteiger partial charge in [0.2, 0.25) is 0 Å². The Bertz CT molecular complexity index is 341. The third kappa shape index (κ3) is 2.27. The molecule has 1 aromatic carbocycles. The Morgan fingerprint density at radius 1 is 1.07 bits per heavy atom. The lowest BCUT2D eigenvalue weighted by molar-refractivity contribution is 0.423. The van der Waals surface area contributed by atoms with Crippen molar-refractivity contribution >= 4 is 0 Å². The molecule has 0 saturated carbocycles. The van der Waals surface area contributed by atoms with Crippen LogP contribution in [0.2, 0.25) is 0 Å². The van der Waals surface area contributed by atoms with Crippen LogP contribution in [0.25, 0.3) is 0 Å². The molecule has 6 heteroatoms. The zero-order valence-electron chi connectivity index (χ0n) is 7.74. The zero-order chi connectivity index (χ0) is 11.6. The van der Waals surface area contributed by atoms with Gasteiger partial charge in [-0.3, -0.25) is 0 Å². The summed E-state index contributed by atoms with van der Waals surface area (Å²) < 4.78 is 51.7. The highest BCUT2D eigenvalue weighted by molar-refractivity contribution is 5.25. The molecule has 0 saturated heterocycles. The van der Waals surface area contributed by atoms with Gasteiger partial charge in [0.1, 0.15) is 0 Å². The minimum atomic E-state index is -1.46. The van der Waals surface area contributed by atoms with Crippen LogP contribution in [-0.4, -0.2) is 6.54 Å². The lowest BCUT2D eigenvalue weighted by Crippen LogP contribution is -2.19. The lowest BCUT2D eigenvalue weighted by atomic mass is 10.0. The lowest BCUT2D eigenvalue weighted by Gasteiger charge is -2.13. The first-order valence-corrected chi connectivity index (χ1v) is 4.27. The quantitative estimate of drug-likeness (QED) is 0.602. The van der Waals surface area contributed by atoms with Gasteiger partial charge in [-0.25, -0.2) is 17.6 Å². The van der Waals surface area contributed by atoms with Crippen molar-refractivity contribution in [3.05, 3.63) is 34.9 Å². The highest BCUT2D eigenvalue weighted by Gasteiger charge is 2.23. The molecule has 0 aliphatic heterocycles. The average molecular weight is 222 g/mol. The Kier molecular flexibility index (Phi) is 3.65. The van der Waals surface area contributed by atoms with Gasteiger partial charge in [0.25, 0.3) is 0 Å². The van der Waals surface area contributed by atoms with Crippen LogP contribution in [-0.2, 0) is 0 Å². The van der Waals surface area contributed by atoms with Crippen LogP contribution in [0.15, 0.2) is 6.07 Å². The Labute approximate surface area is 83.9 Å². The van der Waals surface area contributed by atoms with Crippen molar-refractivity contribution in [1.29, 1.82) is 0 Å². The third-order valence-corrected chi connectivity index (χ3v) is 1.99. The van der Waals surface area contributed by atoms with Gasteiger partial charge in [0.05, 0.1) is 0 Å². The summed E-state index contributed by atoms with van der Waals surface area (Å²) in [6.45, 7) is 0.0676. The summed E-state index contributed by atoms with van der Waals surface area (Å²) in [4.78, 5) is 0. The molecule has 0 bridgehead atoms. The summed E-state index contributed by atoms with van der Waals surface area (Å²) in [6.07, 6.45) is 0.0384. The Balaban J connectivity index is 3.26. The summed E-state index contributed by atoms with van der Waals surface area (Å²) in [7, 11) is 0. The second-order valence-electron chi connectivity index (χ2n) is 3.07. The highest BCUT2D eigenvalue weighted by atomic mass is 19.2. The fourth-order valence-corrected chi connectivity index (χ4v) is 1.24. The predicted octanol–water partition coefficient (Wildman–Crippen LogP) is 1.59. The fourth-order valence-electron chi connectivity index (χ4n) is 1.24. The van der Waals surface area contributed by atoms with Gasteiger partial charge in [-0.2, -0.15) is 0 Å². The molecule has 0 aliphatic rings. The first-order valence-electron chi connectivity index (χ1n) is 4.27. The summed E-state index contributed by atoms with van der Waals surface area (Å²) in [6, 6.07) is -1.01. The molecule has 15 heavy (non-hydrogen) atoms. The summed E-state index contributed by atoms with van der Waals surface area (Å²) in [5, 5.41) is 0. The molecule has 0 aromatic heterocycles. The van der Waals surface area contributed by atoms with E-state index in [2.05, 4.69) is 0 Å². The molecule has 0 spiro atoms. The highest BCUT2D eigenvalue weighted by Crippen LogP contribution is 2.25. The van der Waals surface area contributed by atoms with Gasteiger partial charge >= 0.3 is 0 Å². The molecule has 0 heterocycles. The summed E-state index contributed by atoms with van der Waals surface area (Å²) in [5.41, 5.74) is 9.69. The van der Waals surface area contributed by atoms with Crippen molar-refractivity contribution in [3.8, 4) is 0 Å². The number of rotatable bonds is 3. The molecular weight excluding hydrogens is 212 g/mol. The summed E-state index contributed by atoms with van der Waals surface area (Å²) >= 11 is 0. The average Bonchev–Trinajstić information content (AvgIpc) is 2.16. The van der Waals surface area contributed by atoms with Crippen LogP contribution in [0.1, 0.15) is 18.0 Å². The van der Waals surface area contributed by atoms with E-state index in [0.717, 1.165) is 0 Å². The van der Waals surface area contributed by atoms with Crippen molar-refractivity contribution in [2.24, 2.45) is 11.5 Å². The molecular formula is C9H10F4N2. The number of nitrogens with two attached hydrogens (primary N) is 2. The van der Waals surface area contributed by atoms with Crippen LogP contribution in [0.4, 0.5) is 17.6 Å². The van der Waals surface area contributed by atoms with Gasteiger partial charge in [-0.1, -0.05) is 0 Å². The molecule has 1 aromatic rings. The first kappa shape index (κ1) is 11.9. The van der Waals surface area contributed by atoms with E-state index in [1.54, 1.807) is 0 Å². The van der Waals surface area contributed by atoms with Crippen LogP contribution in [0.3, 0.4) is 0 Å². The second-order valence-corrected chi connectivity index (χ2v) is 3.07. The number of hydrogen-bond acceptors (Lipinski definition) is 2. The van der Waals surface area contributed by atoms with Crippen LogP contribution >= 0.6 is 0 Å². The van der Waals surface area contributed by atoms with Crippen molar-refractivity contribution in [2.75, 3.05) is 6.54 Å². The SMILES string of the molecule is NCC[C@@H](N)c1c(F)c(F)cc(F)c1F. The van der Waals surface area contributed by atoms with Gasteiger partial charge in [-0.05, 0) is 13.0 Å². The molecule has 1 rings (SSSR count). The van der Waals surface area contributed by atoms with E-state index < -0.39 is 34.9 Å². The monoisotopic (exact) mass is 222 g/mol. The number of hydrogen-bond donors (Lipinski definition) is 2. The first-order chi connectivity index (χ1) is 6.99. The van der Waals surface area contributed by atoms with Gasteiger partial charge in [-0.15, -0.1) is 0 Å². The molecule has 0 unspecified atom stereocenters. The van der Waals surface area contributed by atoms with E-state index >= 15 is 0 Å². The standard InChI is InChI=1S/C9H10F4N2/c10-4-3-5(11)9(13)7(8(4)12)6(15)1-2-14/h3,6H,1-2,14-15H2/t6-/m1/s1. The van der Waals surface area contributed by atoms with Crippen molar-refractivity contribution in [1.82, 2.24) is 0 Å². The maximum absolute atomic E-state index is 13.1. The number of halogens is 4. The van der Waals surface area contributed by atoms with Gasteiger partial charge < -0.3 is 11.5 Å². The minimum absolute atomic E-state index is 0.0384. The van der Waals surface area contributed by atoms with E-state index in [-0.39, 0.29) is 19.0 Å². The molecule has 0 fully saturated rings. The zero-order valence-corrected chi connectivity index (χ0v) is 7.74. The van der Waals surface area contributed by atoms with E-state index in [4.69, 9.17) is 11.5 Å². The minimum Gasteiger partial charge on any atom is -0.330 e. The van der Waals surface area contributed by atoms with E-state index in [1.165, 1.54) is 0 Å². The van der Waals surface area contributed by atoms with E-state index in [0.29, 0.717) is 0 Å². The molecule has 0 radical (unpaired) electrons. The van der Waals surface area contributed by atoms with Crippen molar-refractivity contribution in [2.45, 2.75) is 12.5 Å². The molecule has 0 amide bonds. The third-order valence-electron chi connectivity index (χ3n) is 1.99. The maximum Gasteiger partial charge on any atom is 0.166 e. The fraction of sp³-hybridized carbons (Fsp3) is 0.333. The molecule has 2 nitrogen and oxygen atoms in total. The summed E-state index contributed by atoms with van der Waals surface area (Å²) in [5.74, 6) is -5.85. The Morgan fingerprint density at radius 2 is 1.53 bits per heavy atom. The topological polar surface area (TPSA) is 52.0 Å². The number of benzene rings is 1. The maximum atomic E-state index is 13.1. The molecule has 0 aliphatic carbocycles. The normalized spacial score (nSPS) is 12.9. The Hall–Kier alpha value is -1.14. The molecule has 84 valence electrons. The Morgan fingerprint density at radius 3 is 1.93 bits per heavy atom. The van der Waals surface area contributed by atoms with E-state index in [9.17, 15) is 17.6 Å². The predicted molar refractivity (Wildman–Crippen MR) is 46.9 cm³/mol. The molecule has 4 N–H and O–H groups in total. The van der Waals surface area contributed by atoms with E-state index in [1.807, 2.05) is 0 Å². The largest absolute Gasteiger partial charge is 0.330 e. The van der Waals surface area contributed by atoms with Gasteiger partial charge in [0, 0.05) is 17.7 Å². The van der Waals surface area contributed by atoms with Crippen LogP contribution in [0, 0.1) is 23.3 Å². The van der Waals surface area contributed by atoms with Crippen LogP contribution < -0.4 is 11.5 Å².